The predicted molar refractivity (Wildman–Crippen MR) is 80.4 cm³/mol. The highest BCUT2D eigenvalue weighted by atomic mass is 35.5. The number of carbonyl (C=O) groups excluding carboxylic acids is 1. The number of ether oxygens (including phenoxy) is 1. The first-order chi connectivity index (χ1) is 9.56. The van der Waals surface area contributed by atoms with E-state index in [9.17, 15) is 4.79 Å². The van der Waals surface area contributed by atoms with Gasteiger partial charge in [-0.3, -0.25) is 0 Å². The average molecular weight is 317 g/mol. The van der Waals surface area contributed by atoms with E-state index in [1.807, 2.05) is 13.0 Å². The molecule has 0 unspecified atom stereocenters. The fourth-order valence-electron chi connectivity index (χ4n) is 2.19. The molecule has 4 nitrogen and oxygen atoms in total. The van der Waals surface area contributed by atoms with Crippen molar-refractivity contribution in [3.8, 4) is 0 Å². The lowest BCUT2D eigenvalue weighted by Gasteiger charge is -2.17. The predicted octanol–water partition coefficient (Wildman–Crippen LogP) is 3.53. The number of carbonyl (C=O) groups is 1. The largest absolute Gasteiger partial charge is 0.376 e. The topological polar surface area (TPSA) is 50.4 Å². The van der Waals surface area contributed by atoms with Gasteiger partial charge in [0.2, 0.25) is 0 Å². The number of urea groups is 1. The molecule has 0 spiro atoms. The van der Waals surface area contributed by atoms with Crippen LogP contribution in [0, 0.1) is 0 Å². The van der Waals surface area contributed by atoms with Crippen LogP contribution in [-0.2, 0) is 4.74 Å². The van der Waals surface area contributed by atoms with E-state index in [0.29, 0.717) is 16.6 Å². The molecule has 1 aromatic carbocycles. The Hall–Kier alpha value is -0.970. The van der Waals surface area contributed by atoms with Gasteiger partial charge in [0, 0.05) is 23.2 Å². The summed E-state index contributed by atoms with van der Waals surface area (Å²) in [6.07, 6.45) is 2.19. The van der Waals surface area contributed by atoms with Crippen LogP contribution in [-0.4, -0.2) is 25.3 Å². The summed E-state index contributed by atoms with van der Waals surface area (Å²) in [5.41, 5.74) is 0.836. The first-order valence-electron chi connectivity index (χ1n) is 6.67. The van der Waals surface area contributed by atoms with E-state index >= 15 is 0 Å². The summed E-state index contributed by atoms with van der Waals surface area (Å²) < 4.78 is 5.45. The highest BCUT2D eigenvalue weighted by molar-refractivity contribution is 6.35. The molecule has 2 N–H and O–H groups in total. The molecule has 1 heterocycles. The summed E-state index contributed by atoms with van der Waals surface area (Å²) in [6, 6.07) is 4.82. The maximum atomic E-state index is 11.8. The zero-order chi connectivity index (χ0) is 14.5. The molecule has 0 saturated carbocycles. The molecule has 6 heteroatoms. The van der Waals surface area contributed by atoms with Crippen molar-refractivity contribution in [1.82, 2.24) is 10.6 Å². The van der Waals surface area contributed by atoms with Crippen LogP contribution >= 0.6 is 23.2 Å². The zero-order valence-electron chi connectivity index (χ0n) is 11.3. The summed E-state index contributed by atoms with van der Waals surface area (Å²) in [6.45, 7) is 3.19. The molecular weight excluding hydrogens is 299 g/mol. The van der Waals surface area contributed by atoms with Crippen molar-refractivity contribution in [2.45, 2.75) is 31.9 Å². The van der Waals surface area contributed by atoms with Crippen molar-refractivity contribution >= 4 is 29.2 Å². The van der Waals surface area contributed by atoms with Crippen molar-refractivity contribution in [3.63, 3.8) is 0 Å². The number of hydrogen-bond acceptors (Lipinski definition) is 2. The summed E-state index contributed by atoms with van der Waals surface area (Å²) in [7, 11) is 0. The van der Waals surface area contributed by atoms with E-state index in [1.54, 1.807) is 12.1 Å². The first kappa shape index (κ1) is 15.4. The summed E-state index contributed by atoms with van der Waals surface area (Å²) in [5.74, 6) is 0. The van der Waals surface area contributed by atoms with Gasteiger partial charge in [0.05, 0.1) is 12.1 Å². The highest BCUT2D eigenvalue weighted by Gasteiger charge is 2.17. The normalized spacial score (nSPS) is 19.6. The second kappa shape index (κ2) is 7.16. The third-order valence-corrected chi connectivity index (χ3v) is 3.85. The maximum Gasteiger partial charge on any atom is 0.315 e. The van der Waals surface area contributed by atoms with Crippen molar-refractivity contribution < 1.29 is 9.53 Å². The summed E-state index contributed by atoms with van der Waals surface area (Å²) in [4.78, 5) is 11.8. The van der Waals surface area contributed by atoms with Crippen LogP contribution < -0.4 is 10.6 Å². The van der Waals surface area contributed by atoms with Crippen LogP contribution in [0.1, 0.15) is 31.4 Å². The Kier molecular flexibility index (Phi) is 5.52. The van der Waals surface area contributed by atoms with E-state index in [-0.39, 0.29) is 18.2 Å². The van der Waals surface area contributed by atoms with Crippen molar-refractivity contribution in [3.05, 3.63) is 33.8 Å². The van der Waals surface area contributed by atoms with Gasteiger partial charge in [-0.1, -0.05) is 29.3 Å². The molecule has 1 saturated heterocycles. The van der Waals surface area contributed by atoms with Crippen LogP contribution in [0.15, 0.2) is 18.2 Å². The number of amides is 2. The van der Waals surface area contributed by atoms with Crippen molar-refractivity contribution in [1.29, 1.82) is 0 Å². The Morgan fingerprint density at radius 1 is 1.50 bits per heavy atom. The number of rotatable bonds is 4. The molecule has 1 aromatic rings. The van der Waals surface area contributed by atoms with Gasteiger partial charge < -0.3 is 15.4 Å². The number of nitrogens with one attached hydrogen (secondary N) is 2. The quantitative estimate of drug-likeness (QED) is 0.892. The summed E-state index contributed by atoms with van der Waals surface area (Å²) in [5, 5.41) is 6.78. The molecule has 1 aliphatic heterocycles. The minimum absolute atomic E-state index is 0.134. The standard InChI is InChI=1S/C14H18Cl2N2O2/c1-9(12-5-4-10(15)7-13(12)16)18-14(19)17-8-11-3-2-6-20-11/h4-5,7,9,11H,2-3,6,8H2,1H3,(H2,17,18,19)/t9-,11-/m0/s1. The molecule has 2 amide bonds. The van der Waals surface area contributed by atoms with E-state index in [1.165, 1.54) is 0 Å². The second-order valence-corrected chi connectivity index (χ2v) is 5.72. The monoisotopic (exact) mass is 316 g/mol. The molecular formula is C14H18Cl2N2O2. The molecule has 2 rings (SSSR count). The molecule has 1 fully saturated rings. The molecule has 2 atom stereocenters. The maximum absolute atomic E-state index is 11.8. The fourth-order valence-corrected chi connectivity index (χ4v) is 2.76. The first-order valence-corrected chi connectivity index (χ1v) is 7.43. The fraction of sp³-hybridized carbons (Fsp3) is 0.500. The van der Waals surface area contributed by atoms with Gasteiger partial charge in [-0.2, -0.15) is 0 Å². The van der Waals surface area contributed by atoms with Gasteiger partial charge in [0.1, 0.15) is 0 Å². The van der Waals surface area contributed by atoms with Gasteiger partial charge in [-0.15, -0.1) is 0 Å². The van der Waals surface area contributed by atoms with Gasteiger partial charge in [0.25, 0.3) is 0 Å². The van der Waals surface area contributed by atoms with Crippen LogP contribution in [0.5, 0.6) is 0 Å². The van der Waals surface area contributed by atoms with Crippen LogP contribution in [0.25, 0.3) is 0 Å². The van der Waals surface area contributed by atoms with Crippen LogP contribution in [0.3, 0.4) is 0 Å². The molecule has 0 aromatic heterocycles. The zero-order valence-corrected chi connectivity index (χ0v) is 12.8. The Morgan fingerprint density at radius 2 is 2.30 bits per heavy atom. The van der Waals surface area contributed by atoms with Gasteiger partial charge in [0.15, 0.2) is 0 Å². The number of benzene rings is 1. The van der Waals surface area contributed by atoms with Gasteiger partial charge >= 0.3 is 6.03 Å². The molecule has 0 radical (unpaired) electrons. The lowest BCUT2D eigenvalue weighted by molar-refractivity contribution is 0.111. The second-order valence-electron chi connectivity index (χ2n) is 4.88. The lowest BCUT2D eigenvalue weighted by Crippen LogP contribution is -2.40. The molecule has 1 aliphatic rings. The van der Waals surface area contributed by atoms with Gasteiger partial charge in [-0.25, -0.2) is 4.79 Å². The molecule has 20 heavy (non-hydrogen) atoms. The van der Waals surface area contributed by atoms with E-state index < -0.39 is 0 Å². The van der Waals surface area contributed by atoms with Crippen molar-refractivity contribution in [2.24, 2.45) is 0 Å². The molecule has 110 valence electrons. The average Bonchev–Trinajstić information content (AvgIpc) is 2.89. The minimum Gasteiger partial charge on any atom is -0.376 e. The molecule has 0 aliphatic carbocycles. The van der Waals surface area contributed by atoms with E-state index in [0.717, 1.165) is 25.0 Å². The lowest BCUT2D eigenvalue weighted by atomic mass is 10.1. The van der Waals surface area contributed by atoms with Crippen LogP contribution in [0.2, 0.25) is 10.0 Å². The Balaban J connectivity index is 1.83. The third-order valence-electron chi connectivity index (χ3n) is 3.29. The van der Waals surface area contributed by atoms with E-state index in [4.69, 9.17) is 27.9 Å². The Labute approximate surface area is 128 Å². The summed E-state index contributed by atoms with van der Waals surface area (Å²) >= 11 is 12.0. The molecule has 0 bridgehead atoms. The smallest absolute Gasteiger partial charge is 0.315 e. The Morgan fingerprint density at radius 3 is 2.95 bits per heavy atom. The van der Waals surface area contributed by atoms with E-state index in [2.05, 4.69) is 10.6 Å². The Bertz CT molecular complexity index is 476. The number of hydrogen-bond donors (Lipinski definition) is 2. The highest BCUT2D eigenvalue weighted by Crippen LogP contribution is 2.25. The minimum atomic E-state index is -0.223. The number of halogens is 2. The van der Waals surface area contributed by atoms with Crippen LogP contribution in [0.4, 0.5) is 4.79 Å². The van der Waals surface area contributed by atoms with Crippen molar-refractivity contribution in [2.75, 3.05) is 13.2 Å². The SMILES string of the molecule is C[C@H](NC(=O)NC[C@@H]1CCCO1)c1ccc(Cl)cc1Cl. The van der Waals surface area contributed by atoms with Gasteiger partial charge in [-0.05, 0) is 37.5 Å². The third kappa shape index (κ3) is 4.27.